The van der Waals surface area contributed by atoms with Crippen LogP contribution in [0.25, 0.3) is 11.0 Å². The van der Waals surface area contributed by atoms with Crippen molar-refractivity contribution >= 4 is 17.0 Å². The van der Waals surface area contributed by atoms with Gasteiger partial charge >= 0.3 is 5.97 Å². The van der Waals surface area contributed by atoms with Crippen molar-refractivity contribution < 1.29 is 9.53 Å². The van der Waals surface area contributed by atoms with Crippen LogP contribution in [0.2, 0.25) is 0 Å². The quantitative estimate of drug-likeness (QED) is 0.846. The molecule has 5 heteroatoms. The first-order chi connectivity index (χ1) is 9.81. The summed E-state index contributed by atoms with van der Waals surface area (Å²) in [6.45, 7) is 3.17. The van der Waals surface area contributed by atoms with Gasteiger partial charge in [-0.2, -0.15) is 0 Å². The second-order valence-corrected chi connectivity index (χ2v) is 5.69. The highest BCUT2D eigenvalue weighted by Gasteiger charge is 2.36. The van der Waals surface area contributed by atoms with Crippen LogP contribution in [-0.4, -0.2) is 46.6 Å². The molecular formula is C15H17N3O2. The molecule has 104 valence electrons. The summed E-state index contributed by atoms with van der Waals surface area (Å²) >= 11 is 0. The molecule has 1 atom stereocenters. The summed E-state index contributed by atoms with van der Waals surface area (Å²) in [5.41, 5.74) is 2.12. The van der Waals surface area contributed by atoms with E-state index in [0.717, 1.165) is 38.0 Å². The molecule has 1 N–H and O–H groups in total. The van der Waals surface area contributed by atoms with Gasteiger partial charge in [-0.1, -0.05) is 6.07 Å². The molecule has 4 heterocycles. The minimum Gasteiger partial charge on any atom is -0.457 e. The van der Waals surface area contributed by atoms with E-state index in [2.05, 4.69) is 14.9 Å². The van der Waals surface area contributed by atoms with Crippen LogP contribution in [0.15, 0.2) is 24.5 Å². The number of imidazole rings is 1. The van der Waals surface area contributed by atoms with E-state index in [9.17, 15) is 4.79 Å². The van der Waals surface area contributed by atoms with Crippen molar-refractivity contribution in [3.63, 3.8) is 0 Å². The predicted octanol–water partition coefficient (Wildman–Crippen LogP) is 1.81. The van der Waals surface area contributed by atoms with Crippen molar-refractivity contribution in [2.75, 3.05) is 19.6 Å². The van der Waals surface area contributed by atoms with Gasteiger partial charge < -0.3 is 9.72 Å². The molecule has 1 aromatic carbocycles. The summed E-state index contributed by atoms with van der Waals surface area (Å²) in [6, 6.07) is 5.55. The summed E-state index contributed by atoms with van der Waals surface area (Å²) < 4.78 is 5.75. The van der Waals surface area contributed by atoms with Crippen molar-refractivity contribution in [1.29, 1.82) is 0 Å². The van der Waals surface area contributed by atoms with Gasteiger partial charge in [-0.05, 0) is 44.0 Å². The molecule has 0 amide bonds. The predicted molar refractivity (Wildman–Crippen MR) is 74.5 cm³/mol. The number of ether oxygens (including phenoxy) is 1. The number of benzene rings is 1. The zero-order chi connectivity index (χ0) is 13.5. The van der Waals surface area contributed by atoms with Crippen molar-refractivity contribution in [3.8, 4) is 0 Å². The molecule has 1 aromatic heterocycles. The van der Waals surface area contributed by atoms with Crippen LogP contribution in [0.4, 0.5) is 0 Å². The fourth-order valence-electron chi connectivity index (χ4n) is 3.38. The first-order valence-corrected chi connectivity index (χ1v) is 7.17. The maximum Gasteiger partial charge on any atom is 0.340 e. The van der Waals surface area contributed by atoms with Crippen molar-refractivity contribution in [2.45, 2.75) is 18.9 Å². The molecule has 20 heavy (non-hydrogen) atoms. The zero-order valence-corrected chi connectivity index (χ0v) is 11.2. The summed E-state index contributed by atoms with van der Waals surface area (Å²) in [7, 11) is 0. The molecule has 2 bridgehead atoms. The van der Waals surface area contributed by atoms with E-state index < -0.39 is 0 Å². The molecule has 5 nitrogen and oxygen atoms in total. The Morgan fingerprint density at radius 1 is 1.35 bits per heavy atom. The fraction of sp³-hybridized carbons (Fsp3) is 0.467. The van der Waals surface area contributed by atoms with Gasteiger partial charge in [-0.25, -0.2) is 9.78 Å². The fourth-order valence-corrected chi connectivity index (χ4v) is 3.38. The van der Waals surface area contributed by atoms with Gasteiger partial charge in [0.2, 0.25) is 0 Å². The largest absolute Gasteiger partial charge is 0.457 e. The molecule has 3 saturated heterocycles. The number of rotatable bonds is 2. The Morgan fingerprint density at radius 2 is 2.20 bits per heavy atom. The molecule has 0 spiro atoms. The van der Waals surface area contributed by atoms with E-state index in [0.29, 0.717) is 17.0 Å². The second kappa shape index (κ2) is 4.59. The van der Waals surface area contributed by atoms with E-state index in [1.807, 2.05) is 12.1 Å². The molecule has 3 aliphatic heterocycles. The number of para-hydroxylation sites is 1. The number of carbonyl (C=O) groups is 1. The van der Waals surface area contributed by atoms with Gasteiger partial charge in [-0.3, -0.25) is 4.90 Å². The number of esters is 1. The number of hydrogen-bond acceptors (Lipinski definition) is 4. The number of carbonyl (C=O) groups excluding carboxylic acids is 1. The van der Waals surface area contributed by atoms with Crippen molar-refractivity contribution in [3.05, 3.63) is 30.1 Å². The number of nitrogens with zero attached hydrogens (tertiary/aromatic N) is 2. The first kappa shape index (κ1) is 11.9. The van der Waals surface area contributed by atoms with Crippen LogP contribution < -0.4 is 0 Å². The SMILES string of the molecule is O=C(O[C@H]1CN2CCC1CC2)c1cccc2[nH]cnc12. The Labute approximate surface area is 116 Å². The third kappa shape index (κ3) is 1.89. The lowest BCUT2D eigenvalue weighted by Gasteiger charge is -2.43. The maximum atomic E-state index is 12.4. The highest BCUT2D eigenvalue weighted by atomic mass is 16.5. The van der Waals surface area contributed by atoms with Gasteiger partial charge in [0.05, 0.1) is 17.4 Å². The Morgan fingerprint density at radius 3 is 2.95 bits per heavy atom. The summed E-state index contributed by atoms with van der Waals surface area (Å²) in [5.74, 6) is 0.281. The lowest BCUT2D eigenvalue weighted by atomic mass is 9.86. The Bertz CT molecular complexity index is 643. The van der Waals surface area contributed by atoms with Gasteiger partial charge in [0.15, 0.2) is 0 Å². The molecule has 0 saturated carbocycles. The number of nitrogens with one attached hydrogen (secondary N) is 1. The van der Waals surface area contributed by atoms with E-state index in [-0.39, 0.29) is 12.1 Å². The summed E-state index contributed by atoms with van der Waals surface area (Å²) in [5, 5.41) is 0. The monoisotopic (exact) mass is 271 g/mol. The first-order valence-electron chi connectivity index (χ1n) is 7.17. The van der Waals surface area contributed by atoms with E-state index >= 15 is 0 Å². The second-order valence-electron chi connectivity index (χ2n) is 5.69. The highest BCUT2D eigenvalue weighted by molar-refractivity contribution is 6.01. The van der Waals surface area contributed by atoms with Gasteiger partial charge in [0.1, 0.15) is 11.6 Å². The van der Waals surface area contributed by atoms with Gasteiger partial charge in [-0.15, -0.1) is 0 Å². The smallest absolute Gasteiger partial charge is 0.340 e. The summed E-state index contributed by atoms with van der Waals surface area (Å²) in [4.78, 5) is 22.0. The minimum atomic E-state index is -0.249. The molecule has 2 aromatic rings. The van der Waals surface area contributed by atoms with Crippen LogP contribution in [0.1, 0.15) is 23.2 Å². The van der Waals surface area contributed by atoms with Crippen LogP contribution in [0.5, 0.6) is 0 Å². The van der Waals surface area contributed by atoms with Gasteiger partial charge in [0, 0.05) is 6.54 Å². The lowest BCUT2D eigenvalue weighted by Crippen LogP contribution is -2.51. The van der Waals surface area contributed by atoms with E-state index in [1.165, 1.54) is 0 Å². The van der Waals surface area contributed by atoms with E-state index in [1.54, 1.807) is 12.4 Å². The maximum absolute atomic E-state index is 12.4. The number of hydrogen-bond donors (Lipinski definition) is 1. The zero-order valence-electron chi connectivity index (χ0n) is 11.2. The van der Waals surface area contributed by atoms with Crippen molar-refractivity contribution in [1.82, 2.24) is 14.9 Å². The lowest BCUT2D eigenvalue weighted by molar-refractivity contribution is -0.0454. The number of aromatic nitrogens is 2. The topological polar surface area (TPSA) is 58.2 Å². The molecule has 0 aliphatic carbocycles. The van der Waals surface area contributed by atoms with Crippen LogP contribution in [-0.2, 0) is 4.74 Å². The average Bonchev–Trinajstić information content (AvgIpc) is 2.96. The average molecular weight is 271 g/mol. The number of H-pyrrole nitrogens is 1. The number of piperidine rings is 3. The van der Waals surface area contributed by atoms with Crippen LogP contribution in [0.3, 0.4) is 0 Å². The molecular weight excluding hydrogens is 254 g/mol. The normalized spacial score (nSPS) is 28.7. The Hall–Kier alpha value is -1.88. The Balaban J connectivity index is 1.57. The highest BCUT2D eigenvalue weighted by Crippen LogP contribution is 2.30. The van der Waals surface area contributed by atoms with Crippen molar-refractivity contribution in [2.24, 2.45) is 5.92 Å². The molecule has 0 unspecified atom stereocenters. The molecule has 5 rings (SSSR count). The number of fused-ring (bicyclic) bond motifs is 4. The summed E-state index contributed by atoms with van der Waals surface area (Å²) in [6.07, 6.45) is 3.93. The van der Waals surface area contributed by atoms with Gasteiger partial charge in [0.25, 0.3) is 0 Å². The third-order valence-electron chi connectivity index (χ3n) is 4.52. The standard InChI is InChI=1S/C15H17N3O2/c19-15(11-2-1-3-12-14(11)17-9-16-12)20-13-8-18-6-4-10(13)5-7-18/h1-3,9-10,13H,4-8H2,(H,16,17)/t13-/m0/s1. The van der Waals surface area contributed by atoms with Crippen LogP contribution in [0, 0.1) is 5.92 Å². The Kier molecular flexibility index (Phi) is 2.73. The molecule has 3 fully saturated rings. The van der Waals surface area contributed by atoms with E-state index in [4.69, 9.17) is 4.74 Å². The molecule has 3 aliphatic rings. The minimum absolute atomic E-state index is 0.0409. The third-order valence-corrected chi connectivity index (χ3v) is 4.52. The van der Waals surface area contributed by atoms with Crippen LogP contribution >= 0.6 is 0 Å². The number of aromatic amines is 1. The molecule has 0 radical (unpaired) electrons.